The maximum atomic E-state index is 5.20. The molecule has 0 rings (SSSR count). The Morgan fingerprint density at radius 2 is 1.67 bits per heavy atom. The van der Waals surface area contributed by atoms with Crippen LogP contribution in [0.15, 0.2) is 0 Å². The average molecular weight is 201 g/mol. The van der Waals surface area contributed by atoms with Gasteiger partial charge in [-0.05, 0) is 20.3 Å². The third-order valence-electron chi connectivity index (χ3n) is 1.15. The standard InChI is InChI=1S/C7H15NO2Si2/c1-3-9-8(10-4-2)6-5-7(11)12/h7H,3-6H2,1-2H3. The fourth-order valence-electron chi connectivity index (χ4n) is 0.689. The summed E-state index contributed by atoms with van der Waals surface area (Å²) >= 11 is 0. The van der Waals surface area contributed by atoms with Gasteiger partial charge in [-0.3, -0.25) is 9.68 Å². The molecule has 0 saturated carbocycles. The van der Waals surface area contributed by atoms with Crippen LogP contribution in [0.2, 0.25) is 5.16 Å². The van der Waals surface area contributed by atoms with Gasteiger partial charge in [0.25, 0.3) is 0 Å². The van der Waals surface area contributed by atoms with Gasteiger partial charge < -0.3 is 0 Å². The third-order valence-corrected chi connectivity index (χ3v) is 1.72. The normalized spacial score (nSPS) is 11.5. The minimum atomic E-state index is 0.299. The van der Waals surface area contributed by atoms with Crippen molar-refractivity contribution in [1.82, 2.24) is 5.23 Å². The van der Waals surface area contributed by atoms with Gasteiger partial charge in [0, 0.05) is 20.5 Å². The summed E-state index contributed by atoms with van der Waals surface area (Å²) < 4.78 is 0. The molecule has 0 amide bonds. The molecule has 12 heavy (non-hydrogen) atoms. The van der Waals surface area contributed by atoms with Gasteiger partial charge in [-0.15, -0.1) is 0 Å². The van der Waals surface area contributed by atoms with Gasteiger partial charge in [0.1, 0.15) is 0 Å². The molecule has 0 atom stereocenters. The molecule has 68 valence electrons. The van der Waals surface area contributed by atoms with Gasteiger partial charge in [-0.1, -0.05) is 10.4 Å². The predicted octanol–water partition coefficient (Wildman–Crippen LogP) is 0.665. The lowest BCUT2D eigenvalue weighted by atomic mass is 10.5. The Morgan fingerprint density at radius 1 is 1.17 bits per heavy atom. The van der Waals surface area contributed by atoms with Crippen molar-refractivity contribution in [3.05, 3.63) is 0 Å². The molecule has 0 saturated heterocycles. The van der Waals surface area contributed by atoms with Crippen LogP contribution >= 0.6 is 0 Å². The predicted molar refractivity (Wildman–Crippen MR) is 49.8 cm³/mol. The number of nitrogens with zero attached hydrogens (tertiary/aromatic N) is 1. The van der Waals surface area contributed by atoms with E-state index in [1.807, 2.05) is 13.8 Å². The quantitative estimate of drug-likeness (QED) is 0.446. The number of hydroxylamine groups is 2. The molecule has 0 unspecified atom stereocenters. The largest absolute Gasteiger partial charge is 0.274 e. The summed E-state index contributed by atoms with van der Waals surface area (Å²) in [5.74, 6) is 0. The first-order valence-electron chi connectivity index (χ1n) is 4.16. The third kappa shape index (κ3) is 6.99. The Labute approximate surface area is 81.2 Å². The van der Waals surface area contributed by atoms with Crippen LogP contribution in [0.5, 0.6) is 0 Å². The summed E-state index contributed by atoms with van der Waals surface area (Å²) in [5, 5.41) is 1.82. The molecule has 0 aliphatic carbocycles. The molecular formula is C7H15NO2Si2. The van der Waals surface area contributed by atoms with Crippen molar-refractivity contribution < 1.29 is 9.68 Å². The Balaban J connectivity index is 3.48. The maximum Gasteiger partial charge on any atom is 0.0683 e. The minimum Gasteiger partial charge on any atom is -0.274 e. The van der Waals surface area contributed by atoms with E-state index in [2.05, 4.69) is 20.5 Å². The number of hydrogen-bond acceptors (Lipinski definition) is 3. The monoisotopic (exact) mass is 201 g/mol. The SMILES string of the molecule is CCON(CCC([Si])[Si])OCC. The zero-order valence-electron chi connectivity index (χ0n) is 7.67. The van der Waals surface area contributed by atoms with E-state index < -0.39 is 0 Å². The van der Waals surface area contributed by atoms with Crippen molar-refractivity contribution in [1.29, 1.82) is 0 Å². The molecule has 0 aromatic rings. The van der Waals surface area contributed by atoms with Gasteiger partial charge in [0.05, 0.1) is 19.8 Å². The molecule has 5 heteroatoms. The Morgan fingerprint density at radius 3 is 2.00 bits per heavy atom. The first-order valence-corrected chi connectivity index (χ1v) is 5.31. The fourth-order valence-corrected chi connectivity index (χ4v) is 0.947. The second kappa shape index (κ2) is 7.94. The van der Waals surface area contributed by atoms with Crippen LogP contribution in [-0.2, 0) is 9.68 Å². The van der Waals surface area contributed by atoms with Gasteiger partial charge in [-0.2, -0.15) is 0 Å². The molecule has 0 aromatic carbocycles. The number of hydrogen-bond donors (Lipinski definition) is 0. The Bertz CT molecular complexity index is 97.4. The smallest absolute Gasteiger partial charge is 0.0683 e. The fraction of sp³-hybridized carbons (Fsp3) is 1.00. The lowest BCUT2D eigenvalue weighted by Crippen LogP contribution is -2.26. The van der Waals surface area contributed by atoms with E-state index >= 15 is 0 Å². The van der Waals surface area contributed by atoms with Gasteiger partial charge in [-0.25, -0.2) is 0 Å². The van der Waals surface area contributed by atoms with Crippen molar-refractivity contribution in [2.24, 2.45) is 0 Å². The van der Waals surface area contributed by atoms with Crippen molar-refractivity contribution in [2.75, 3.05) is 19.8 Å². The topological polar surface area (TPSA) is 21.7 Å². The van der Waals surface area contributed by atoms with Crippen LogP contribution in [0.4, 0.5) is 0 Å². The van der Waals surface area contributed by atoms with Crippen LogP contribution in [0.3, 0.4) is 0 Å². The molecule has 0 N–H and O–H groups in total. The van der Waals surface area contributed by atoms with Crippen LogP contribution in [0, 0.1) is 0 Å². The summed E-state index contributed by atoms with van der Waals surface area (Å²) in [5.41, 5.74) is 0. The Kier molecular flexibility index (Phi) is 8.14. The van der Waals surface area contributed by atoms with Crippen LogP contribution in [0.1, 0.15) is 20.3 Å². The van der Waals surface area contributed by atoms with E-state index in [1.165, 1.54) is 5.23 Å². The lowest BCUT2D eigenvalue weighted by molar-refractivity contribution is -0.364. The summed E-state index contributed by atoms with van der Waals surface area (Å²) in [6.07, 6.45) is 0.924. The van der Waals surface area contributed by atoms with Gasteiger partial charge in [0.15, 0.2) is 0 Å². The lowest BCUT2D eigenvalue weighted by Gasteiger charge is -2.19. The average Bonchev–Trinajstić information content (AvgIpc) is 2.01. The zero-order chi connectivity index (χ0) is 9.40. The zero-order valence-corrected chi connectivity index (χ0v) is 9.67. The molecule has 0 bridgehead atoms. The second-order valence-electron chi connectivity index (χ2n) is 2.23. The van der Waals surface area contributed by atoms with Crippen LogP contribution in [0.25, 0.3) is 0 Å². The molecule has 0 aliphatic heterocycles. The van der Waals surface area contributed by atoms with Crippen molar-refractivity contribution in [3.63, 3.8) is 0 Å². The van der Waals surface area contributed by atoms with E-state index in [1.54, 1.807) is 0 Å². The highest BCUT2D eigenvalue weighted by atomic mass is 28.2. The first kappa shape index (κ1) is 12.3. The van der Waals surface area contributed by atoms with E-state index in [-0.39, 0.29) is 0 Å². The molecule has 0 aromatic heterocycles. The molecule has 6 radical (unpaired) electrons. The van der Waals surface area contributed by atoms with Crippen molar-refractivity contribution in [3.8, 4) is 0 Å². The second-order valence-corrected chi connectivity index (χ2v) is 4.20. The summed E-state index contributed by atoms with van der Waals surface area (Å²) in [4.78, 5) is 10.4. The molecule has 0 fully saturated rings. The van der Waals surface area contributed by atoms with E-state index in [9.17, 15) is 0 Å². The van der Waals surface area contributed by atoms with E-state index in [0.717, 1.165) is 13.0 Å². The van der Waals surface area contributed by atoms with Crippen molar-refractivity contribution in [2.45, 2.75) is 25.4 Å². The molecule has 0 heterocycles. The van der Waals surface area contributed by atoms with Gasteiger partial charge >= 0.3 is 0 Å². The maximum absolute atomic E-state index is 5.20. The molecule has 0 spiro atoms. The highest BCUT2D eigenvalue weighted by Crippen LogP contribution is 2.02. The van der Waals surface area contributed by atoms with Crippen LogP contribution in [-0.4, -0.2) is 45.5 Å². The summed E-state index contributed by atoms with van der Waals surface area (Å²) in [7, 11) is 6.86. The highest BCUT2D eigenvalue weighted by molar-refractivity contribution is 6.35. The summed E-state index contributed by atoms with van der Waals surface area (Å²) in [6, 6.07) is 0. The van der Waals surface area contributed by atoms with E-state index in [4.69, 9.17) is 9.68 Å². The minimum absolute atomic E-state index is 0.299. The van der Waals surface area contributed by atoms with E-state index in [0.29, 0.717) is 18.4 Å². The van der Waals surface area contributed by atoms with Crippen molar-refractivity contribution >= 4 is 20.5 Å². The van der Waals surface area contributed by atoms with Gasteiger partial charge in [0.2, 0.25) is 0 Å². The first-order chi connectivity index (χ1) is 5.70. The van der Waals surface area contributed by atoms with Crippen LogP contribution < -0.4 is 0 Å². The molecule has 3 nitrogen and oxygen atoms in total. The number of rotatable bonds is 7. The highest BCUT2D eigenvalue weighted by Gasteiger charge is 2.04. The Hall–Kier alpha value is 0.314. The molecular weight excluding hydrogens is 186 g/mol. The molecule has 0 aliphatic rings. The summed E-state index contributed by atoms with van der Waals surface area (Å²) in [6.45, 7) is 5.89.